The summed E-state index contributed by atoms with van der Waals surface area (Å²) in [6.45, 7) is 4.68. The van der Waals surface area contributed by atoms with Crippen molar-refractivity contribution in [2.24, 2.45) is 35.3 Å². The Morgan fingerprint density at radius 2 is 1.41 bits per heavy atom. The maximum absolute atomic E-state index is 14.1. The first-order valence-electron chi connectivity index (χ1n) is 17.6. The summed E-state index contributed by atoms with van der Waals surface area (Å²) < 4.78 is 0. The van der Waals surface area contributed by atoms with E-state index in [4.69, 9.17) is 5.73 Å². The Morgan fingerprint density at radius 1 is 0.818 bits per heavy atom. The van der Waals surface area contributed by atoms with Crippen LogP contribution in [-0.2, 0) is 19.2 Å². The fourth-order valence-corrected chi connectivity index (χ4v) is 9.37. The van der Waals surface area contributed by atoms with Gasteiger partial charge < -0.3 is 26.6 Å². The van der Waals surface area contributed by atoms with Gasteiger partial charge in [-0.25, -0.2) is 4.79 Å². The van der Waals surface area contributed by atoms with Crippen molar-refractivity contribution in [3.8, 4) is 0 Å². The van der Waals surface area contributed by atoms with E-state index in [-0.39, 0.29) is 23.4 Å². The third-order valence-corrected chi connectivity index (χ3v) is 11.1. The number of likely N-dealkylation sites (tertiary alicyclic amines) is 1. The number of rotatable bonds is 10. The van der Waals surface area contributed by atoms with Gasteiger partial charge in [0.25, 0.3) is 5.91 Å². The van der Waals surface area contributed by atoms with Crippen molar-refractivity contribution < 1.29 is 24.0 Å². The number of carbonyl (C=O) groups is 5. The number of nitrogens with two attached hydrogens (primary N) is 1. The molecule has 0 spiro atoms. The molecule has 44 heavy (non-hydrogen) atoms. The van der Waals surface area contributed by atoms with Crippen LogP contribution >= 0.6 is 0 Å². The quantitative estimate of drug-likeness (QED) is 0.275. The number of primary amides is 1. The number of nitrogens with zero attached hydrogens (tertiary/aromatic N) is 1. The molecular formula is C34H55N5O5. The molecule has 1 saturated heterocycles. The highest BCUT2D eigenvalue weighted by molar-refractivity contribution is 6.37. The minimum absolute atomic E-state index is 0.0294. The van der Waals surface area contributed by atoms with Crippen molar-refractivity contribution in [2.75, 3.05) is 6.54 Å². The lowest BCUT2D eigenvalue weighted by atomic mass is 9.53. The van der Waals surface area contributed by atoms with Crippen molar-refractivity contribution >= 4 is 29.5 Å². The monoisotopic (exact) mass is 613 g/mol. The Hall–Kier alpha value is -2.65. The summed E-state index contributed by atoms with van der Waals surface area (Å²) in [6, 6.07) is -2.63. The van der Waals surface area contributed by atoms with Gasteiger partial charge in [0.2, 0.25) is 17.6 Å². The number of amides is 5. The molecule has 7 aliphatic rings. The van der Waals surface area contributed by atoms with Gasteiger partial charge in [0.05, 0.1) is 6.04 Å². The van der Waals surface area contributed by atoms with Crippen LogP contribution in [0.2, 0.25) is 0 Å². The van der Waals surface area contributed by atoms with E-state index in [1.165, 1.54) is 25.7 Å². The van der Waals surface area contributed by atoms with E-state index in [2.05, 4.69) is 29.8 Å². The number of hydrogen-bond acceptors (Lipinski definition) is 5. The molecule has 3 atom stereocenters. The van der Waals surface area contributed by atoms with Gasteiger partial charge in [-0.2, -0.15) is 0 Å². The number of hydrogen-bond donors (Lipinski definition) is 4. The standard InChI is InChI=1S/C31H47N5O5.C3H8/c32-27(38)26(37)23(14-18-8-9-18)33-28(39)24-7-4-10-36(24)29(40)25(22-5-2-1-3-6-22)34-30(41)35-31-15-19-11-20(16-31)13-21(12-19)17-31;1-3-2/h18-25H,1-17H2,(H2,32,38)(H,33,39)(H2,34,35,41);3H2,1-2H3/t19?,20?,21?,23?,24?,25-,31?;/m0./s1. The maximum atomic E-state index is 14.1. The van der Waals surface area contributed by atoms with Crippen LogP contribution in [0.5, 0.6) is 0 Å². The topological polar surface area (TPSA) is 151 Å². The molecule has 1 aliphatic heterocycles. The molecule has 7 rings (SSSR count). The third kappa shape index (κ3) is 7.76. The fourth-order valence-electron chi connectivity index (χ4n) is 9.37. The van der Waals surface area contributed by atoms with E-state index in [9.17, 15) is 24.0 Å². The molecular weight excluding hydrogens is 558 g/mol. The van der Waals surface area contributed by atoms with E-state index in [1.807, 2.05) is 0 Å². The van der Waals surface area contributed by atoms with Crippen LogP contribution in [-0.4, -0.2) is 64.6 Å². The summed E-state index contributed by atoms with van der Waals surface area (Å²) in [5.74, 6) is -0.0408. The summed E-state index contributed by atoms with van der Waals surface area (Å²) in [6.07, 6.45) is 16.6. The molecule has 10 heteroatoms. The molecule has 0 aromatic carbocycles. The molecule has 5 N–H and O–H groups in total. The Morgan fingerprint density at radius 3 is 1.95 bits per heavy atom. The largest absolute Gasteiger partial charge is 0.363 e. The van der Waals surface area contributed by atoms with Crippen LogP contribution in [0.4, 0.5) is 4.79 Å². The third-order valence-electron chi connectivity index (χ3n) is 11.1. The van der Waals surface area contributed by atoms with Crippen molar-refractivity contribution in [1.29, 1.82) is 0 Å². The van der Waals surface area contributed by atoms with E-state index < -0.39 is 35.7 Å². The Kier molecular flexibility index (Phi) is 10.6. The SMILES string of the molecule is CCC.NC(=O)C(=O)C(CC1CC1)NC(=O)C1CCCN1C(=O)[C@@H](NC(=O)NC12CC3CC(CC(C3)C1)C2)C1CCCCC1. The molecule has 246 valence electrons. The van der Waals surface area contributed by atoms with Crippen LogP contribution in [0.3, 0.4) is 0 Å². The van der Waals surface area contributed by atoms with Crippen molar-refractivity contribution in [1.82, 2.24) is 20.9 Å². The number of Topliss-reactive ketones (excluding diaryl/α,β-unsaturated/α-hetero) is 1. The molecule has 6 aliphatic carbocycles. The summed E-state index contributed by atoms with van der Waals surface area (Å²) in [4.78, 5) is 66.8. The number of ketones is 1. The van der Waals surface area contributed by atoms with Gasteiger partial charge in [-0.3, -0.25) is 19.2 Å². The Balaban J connectivity index is 0.00000123. The van der Waals surface area contributed by atoms with Gasteiger partial charge >= 0.3 is 6.03 Å². The average Bonchev–Trinajstić information content (AvgIpc) is 3.65. The molecule has 1 heterocycles. The lowest BCUT2D eigenvalue weighted by Crippen LogP contribution is -2.64. The molecule has 0 aromatic heterocycles. The predicted octanol–water partition coefficient (Wildman–Crippen LogP) is 3.95. The Bertz CT molecular complexity index is 1050. The molecule has 0 aromatic rings. The number of nitrogens with one attached hydrogen (secondary N) is 3. The minimum Gasteiger partial charge on any atom is -0.363 e. The molecule has 4 bridgehead atoms. The highest BCUT2D eigenvalue weighted by atomic mass is 16.2. The zero-order valence-electron chi connectivity index (χ0n) is 26.9. The van der Waals surface area contributed by atoms with Crippen molar-refractivity contribution in [3.63, 3.8) is 0 Å². The first-order chi connectivity index (χ1) is 21.1. The lowest BCUT2D eigenvalue weighted by Gasteiger charge is -2.56. The molecule has 0 radical (unpaired) electrons. The molecule has 10 nitrogen and oxygen atoms in total. The normalized spacial score (nSPS) is 32.2. The van der Waals surface area contributed by atoms with Crippen LogP contribution in [0.25, 0.3) is 0 Å². The van der Waals surface area contributed by atoms with E-state index in [0.717, 1.165) is 64.2 Å². The first kappa shape index (κ1) is 32.7. The van der Waals surface area contributed by atoms with Crippen LogP contribution in [0.15, 0.2) is 0 Å². The van der Waals surface area contributed by atoms with Gasteiger partial charge in [-0.15, -0.1) is 0 Å². The van der Waals surface area contributed by atoms with E-state index in [0.29, 0.717) is 49.5 Å². The van der Waals surface area contributed by atoms with Crippen molar-refractivity contribution in [2.45, 2.75) is 147 Å². The second-order valence-corrected chi connectivity index (χ2v) is 15.0. The first-order valence-corrected chi connectivity index (χ1v) is 17.6. The van der Waals surface area contributed by atoms with Crippen LogP contribution < -0.4 is 21.7 Å². The highest BCUT2D eigenvalue weighted by Crippen LogP contribution is 2.55. The molecule has 5 amide bonds. The van der Waals surface area contributed by atoms with Gasteiger partial charge in [0, 0.05) is 12.1 Å². The summed E-state index contributed by atoms with van der Waals surface area (Å²) in [5.41, 5.74) is 5.11. The van der Waals surface area contributed by atoms with Crippen molar-refractivity contribution in [3.05, 3.63) is 0 Å². The zero-order valence-corrected chi connectivity index (χ0v) is 26.9. The highest BCUT2D eigenvalue weighted by Gasteiger charge is 2.52. The second-order valence-electron chi connectivity index (χ2n) is 15.0. The minimum atomic E-state index is -1.05. The lowest BCUT2D eigenvalue weighted by molar-refractivity contribution is -0.143. The summed E-state index contributed by atoms with van der Waals surface area (Å²) in [7, 11) is 0. The molecule has 2 unspecified atom stereocenters. The van der Waals surface area contributed by atoms with Gasteiger partial charge in [-0.1, -0.05) is 52.4 Å². The van der Waals surface area contributed by atoms with Crippen LogP contribution in [0.1, 0.15) is 123 Å². The van der Waals surface area contributed by atoms with Gasteiger partial charge in [-0.05, 0) is 100 Å². The Labute approximate surface area is 262 Å². The average molecular weight is 614 g/mol. The molecule has 6 saturated carbocycles. The predicted molar refractivity (Wildman–Crippen MR) is 167 cm³/mol. The van der Waals surface area contributed by atoms with Crippen LogP contribution in [0, 0.1) is 29.6 Å². The van der Waals surface area contributed by atoms with E-state index >= 15 is 0 Å². The number of carbonyl (C=O) groups excluding carboxylic acids is 5. The smallest absolute Gasteiger partial charge is 0.315 e. The second kappa shape index (κ2) is 14.2. The van der Waals surface area contributed by atoms with E-state index in [1.54, 1.807) is 4.90 Å². The fraction of sp³-hybridized carbons (Fsp3) is 0.853. The zero-order chi connectivity index (χ0) is 31.4. The van der Waals surface area contributed by atoms with Gasteiger partial charge in [0.1, 0.15) is 12.1 Å². The summed E-state index contributed by atoms with van der Waals surface area (Å²) in [5, 5.41) is 9.24. The number of urea groups is 1. The molecule has 7 fully saturated rings. The summed E-state index contributed by atoms with van der Waals surface area (Å²) >= 11 is 0. The van der Waals surface area contributed by atoms with Gasteiger partial charge in [0.15, 0.2) is 0 Å². The maximum Gasteiger partial charge on any atom is 0.315 e.